The summed E-state index contributed by atoms with van der Waals surface area (Å²) in [5.41, 5.74) is 1.92. The molecule has 3 heterocycles. The van der Waals surface area contributed by atoms with Gasteiger partial charge in [-0.3, -0.25) is 4.90 Å². The smallest absolute Gasteiger partial charge is 0.230 e. The predicted molar refractivity (Wildman–Crippen MR) is 129 cm³/mol. The largest absolute Gasteiger partial charge is 0.379 e. The van der Waals surface area contributed by atoms with Gasteiger partial charge in [0.1, 0.15) is 10.8 Å². The van der Waals surface area contributed by atoms with E-state index >= 15 is 0 Å². The Morgan fingerprint density at radius 1 is 1.10 bits per heavy atom. The molecule has 1 saturated carbocycles. The van der Waals surface area contributed by atoms with E-state index in [0.717, 1.165) is 71.0 Å². The molecule has 0 spiro atoms. The second-order valence-corrected chi connectivity index (χ2v) is 10.0. The lowest BCUT2D eigenvalue weighted by Crippen LogP contribution is -2.46. The number of aromatic nitrogens is 3. The van der Waals surface area contributed by atoms with E-state index in [-0.39, 0.29) is 0 Å². The minimum atomic E-state index is 0.424. The minimum absolute atomic E-state index is 0.424. The Morgan fingerprint density at radius 2 is 1.90 bits per heavy atom. The zero-order valence-corrected chi connectivity index (χ0v) is 20.0. The summed E-state index contributed by atoms with van der Waals surface area (Å²) < 4.78 is 10.9. The lowest BCUT2D eigenvalue weighted by molar-refractivity contribution is 0.00791. The Morgan fingerprint density at radius 3 is 2.65 bits per heavy atom. The summed E-state index contributed by atoms with van der Waals surface area (Å²) in [6.07, 6.45) is 4.74. The number of halogens is 1. The highest BCUT2D eigenvalue weighted by atomic mass is 79.9. The fraction of sp³-hybridized carbons (Fsp3) is 0.500. The van der Waals surface area contributed by atoms with Gasteiger partial charge in [0.15, 0.2) is 0 Å². The molecule has 31 heavy (non-hydrogen) atoms. The summed E-state index contributed by atoms with van der Waals surface area (Å²) in [5, 5.41) is 9.05. The number of nitrogens with one attached hydrogen (secondary N) is 2. The fourth-order valence-corrected chi connectivity index (χ4v) is 5.54. The van der Waals surface area contributed by atoms with Gasteiger partial charge in [-0.05, 0) is 68.4 Å². The average Bonchev–Trinajstić information content (AvgIpc) is 3.20. The number of fused-ring (bicyclic) bond motifs is 1. The van der Waals surface area contributed by atoms with Crippen molar-refractivity contribution in [2.75, 3.05) is 36.9 Å². The van der Waals surface area contributed by atoms with E-state index in [1.807, 2.05) is 25.1 Å². The number of morpholine rings is 1. The van der Waals surface area contributed by atoms with Crippen LogP contribution in [-0.4, -0.2) is 57.6 Å². The molecule has 0 radical (unpaired) electrons. The van der Waals surface area contributed by atoms with E-state index in [1.165, 1.54) is 24.4 Å². The molecule has 1 aliphatic heterocycles. The Hall–Kier alpha value is -1.81. The summed E-state index contributed by atoms with van der Waals surface area (Å²) in [5.74, 6) is 1.49. The normalized spacial score (nSPS) is 22.5. The van der Waals surface area contributed by atoms with Crippen LogP contribution in [0.4, 0.5) is 16.8 Å². The molecule has 1 aliphatic carbocycles. The monoisotopic (exact) mass is 502 g/mol. The number of hydrogen-bond donors (Lipinski definition) is 2. The third-order valence-electron chi connectivity index (χ3n) is 6.12. The van der Waals surface area contributed by atoms with Crippen LogP contribution in [0, 0.1) is 6.92 Å². The van der Waals surface area contributed by atoms with Gasteiger partial charge in [0, 0.05) is 35.0 Å². The van der Waals surface area contributed by atoms with Gasteiger partial charge in [-0.2, -0.15) is 9.36 Å². The van der Waals surface area contributed by atoms with Gasteiger partial charge in [0.05, 0.1) is 24.4 Å². The van der Waals surface area contributed by atoms with Crippen LogP contribution in [0.5, 0.6) is 0 Å². The zero-order valence-electron chi connectivity index (χ0n) is 17.6. The Bertz CT molecular complexity index is 1050. The molecule has 2 aromatic heterocycles. The standard InChI is InChI=1S/C22H27BrN6OS/c1-14-12-20(31-28-14)26-22-25-19-7-2-15(23)13-18(19)21(27-22)24-16-3-5-17(6-4-16)29-8-10-30-11-9-29/h2,7,12-13,16-17H,3-6,8-11H2,1H3,(H2,24,25,26,27)/t16-,17-. The summed E-state index contributed by atoms with van der Waals surface area (Å²) in [7, 11) is 0. The molecule has 2 aliphatic rings. The molecule has 0 amide bonds. The molecule has 1 aromatic carbocycles. The molecule has 7 nitrogen and oxygen atoms in total. The van der Waals surface area contributed by atoms with E-state index in [1.54, 1.807) is 0 Å². The van der Waals surface area contributed by atoms with Crippen LogP contribution in [0.1, 0.15) is 31.4 Å². The van der Waals surface area contributed by atoms with Crippen molar-refractivity contribution in [3.63, 3.8) is 0 Å². The second kappa shape index (κ2) is 9.36. The van der Waals surface area contributed by atoms with E-state index in [4.69, 9.17) is 14.7 Å². The first-order chi connectivity index (χ1) is 15.1. The first kappa shape index (κ1) is 21.1. The first-order valence-corrected chi connectivity index (χ1v) is 12.5. The molecule has 0 bridgehead atoms. The van der Waals surface area contributed by atoms with Crippen LogP contribution < -0.4 is 10.6 Å². The van der Waals surface area contributed by atoms with Gasteiger partial charge in [0.25, 0.3) is 0 Å². The van der Waals surface area contributed by atoms with Crippen molar-refractivity contribution in [2.45, 2.75) is 44.7 Å². The van der Waals surface area contributed by atoms with Crippen molar-refractivity contribution in [1.82, 2.24) is 19.2 Å². The van der Waals surface area contributed by atoms with Crippen molar-refractivity contribution >= 4 is 55.1 Å². The topological polar surface area (TPSA) is 75.2 Å². The van der Waals surface area contributed by atoms with E-state index < -0.39 is 0 Å². The zero-order chi connectivity index (χ0) is 21.2. The molecule has 5 rings (SSSR count). The average molecular weight is 503 g/mol. The fourth-order valence-electron chi connectivity index (χ4n) is 4.52. The molecule has 2 N–H and O–H groups in total. The Balaban J connectivity index is 1.33. The highest BCUT2D eigenvalue weighted by molar-refractivity contribution is 9.10. The van der Waals surface area contributed by atoms with Crippen molar-refractivity contribution in [2.24, 2.45) is 0 Å². The molecule has 0 unspecified atom stereocenters. The van der Waals surface area contributed by atoms with Crippen molar-refractivity contribution in [1.29, 1.82) is 0 Å². The van der Waals surface area contributed by atoms with Gasteiger partial charge in [0.2, 0.25) is 5.95 Å². The minimum Gasteiger partial charge on any atom is -0.379 e. The van der Waals surface area contributed by atoms with Crippen LogP contribution in [0.2, 0.25) is 0 Å². The first-order valence-electron chi connectivity index (χ1n) is 10.9. The number of rotatable bonds is 5. The van der Waals surface area contributed by atoms with Gasteiger partial charge in [-0.25, -0.2) is 4.98 Å². The van der Waals surface area contributed by atoms with Gasteiger partial charge < -0.3 is 15.4 Å². The molecule has 1 saturated heterocycles. The predicted octanol–water partition coefficient (Wildman–Crippen LogP) is 4.96. The summed E-state index contributed by atoms with van der Waals surface area (Å²) in [6, 6.07) is 9.27. The third kappa shape index (κ3) is 5.00. The maximum Gasteiger partial charge on any atom is 0.230 e. The number of nitrogens with zero attached hydrogens (tertiary/aromatic N) is 4. The van der Waals surface area contributed by atoms with Crippen LogP contribution >= 0.6 is 27.5 Å². The summed E-state index contributed by atoms with van der Waals surface area (Å²) >= 11 is 5.02. The van der Waals surface area contributed by atoms with Crippen LogP contribution in [0.25, 0.3) is 10.9 Å². The van der Waals surface area contributed by atoms with Crippen molar-refractivity contribution in [3.8, 4) is 0 Å². The van der Waals surface area contributed by atoms with E-state index in [0.29, 0.717) is 18.0 Å². The molecular weight excluding hydrogens is 476 g/mol. The summed E-state index contributed by atoms with van der Waals surface area (Å²) in [6.45, 7) is 5.86. The van der Waals surface area contributed by atoms with Crippen molar-refractivity contribution in [3.05, 3.63) is 34.4 Å². The maximum atomic E-state index is 5.52. The van der Waals surface area contributed by atoms with Gasteiger partial charge >= 0.3 is 0 Å². The SMILES string of the molecule is Cc1cc(Nc2nc(N[C@H]3CC[C@H](N4CCOCC4)CC3)c3cc(Br)ccc3n2)sn1. The number of anilines is 3. The Labute approximate surface area is 194 Å². The molecule has 3 aromatic rings. The number of ether oxygens (including phenoxy) is 1. The van der Waals surface area contributed by atoms with Gasteiger partial charge in [-0.15, -0.1) is 0 Å². The van der Waals surface area contributed by atoms with E-state index in [2.05, 4.69) is 41.9 Å². The van der Waals surface area contributed by atoms with Crippen molar-refractivity contribution < 1.29 is 4.74 Å². The number of hydrogen-bond acceptors (Lipinski definition) is 8. The second-order valence-electron chi connectivity index (χ2n) is 8.31. The lowest BCUT2D eigenvalue weighted by atomic mass is 9.90. The van der Waals surface area contributed by atoms with Gasteiger partial charge in [-0.1, -0.05) is 15.9 Å². The Kier molecular flexibility index (Phi) is 6.36. The molecule has 164 valence electrons. The van der Waals surface area contributed by atoms with Crippen LogP contribution in [0.3, 0.4) is 0 Å². The molecular formula is C22H27BrN6OS. The maximum absolute atomic E-state index is 5.52. The third-order valence-corrected chi connectivity index (χ3v) is 7.41. The lowest BCUT2D eigenvalue weighted by Gasteiger charge is -2.39. The molecule has 9 heteroatoms. The number of aryl methyl sites for hydroxylation is 1. The quantitative estimate of drug-likeness (QED) is 0.510. The van der Waals surface area contributed by atoms with Crippen LogP contribution in [0.15, 0.2) is 28.7 Å². The van der Waals surface area contributed by atoms with E-state index in [9.17, 15) is 0 Å². The number of benzene rings is 1. The summed E-state index contributed by atoms with van der Waals surface area (Å²) in [4.78, 5) is 12.2. The molecule has 2 fully saturated rings. The van der Waals surface area contributed by atoms with Crippen LogP contribution in [-0.2, 0) is 4.74 Å². The highest BCUT2D eigenvalue weighted by Gasteiger charge is 2.27. The highest BCUT2D eigenvalue weighted by Crippen LogP contribution is 2.31. The molecule has 0 atom stereocenters.